The van der Waals surface area contributed by atoms with E-state index in [1.54, 1.807) is 33.2 Å². The van der Waals surface area contributed by atoms with Gasteiger partial charge < -0.3 is 20.3 Å². The minimum atomic E-state index is 0.00498. The van der Waals surface area contributed by atoms with Gasteiger partial charge in [0.15, 0.2) is 5.96 Å². The number of hydrogen-bond acceptors (Lipinski definition) is 3. The van der Waals surface area contributed by atoms with E-state index in [0.29, 0.717) is 18.7 Å². The smallest absolute Gasteiger partial charge is 0.253 e. The summed E-state index contributed by atoms with van der Waals surface area (Å²) in [5.41, 5.74) is 1.77. The van der Waals surface area contributed by atoms with Crippen LogP contribution in [-0.2, 0) is 11.3 Å². The molecule has 1 unspecified atom stereocenters. The Morgan fingerprint density at radius 3 is 2.45 bits per heavy atom. The van der Waals surface area contributed by atoms with E-state index in [1.165, 1.54) is 0 Å². The van der Waals surface area contributed by atoms with Gasteiger partial charge in [-0.05, 0) is 24.6 Å². The maximum Gasteiger partial charge on any atom is 0.253 e. The van der Waals surface area contributed by atoms with Gasteiger partial charge in [-0.25, -0.2) is 0 Å². The van der Waals surface area contributed by atoms with Gasteiger partial charge in [0.05, 0.1) is 6.61 Å². The van der Waals surface area contributed by atoms with E-state index in [1.807, 2.05) is 31.2 Å². The quantitative estimate of drug-likeness (QED) is 0.610. The second kappa shape index (κ2) is 9.04. The fraction of sp³-hybridized carbons (Fsp3) is 0.500. The summed E-state index contributed by atoms with van der Waals surface area (Å²) in [6.45, 7) is 3.27. The van der Waals surface area contributed by atoms with Gasteiger partial charge in [-0.3, -0.25) is 9.79 Å². The molecule has 1 rings (SSSR count). The Morgan fingerprint density at radius 2 is 1.95 bits per heavy atom. The van der Waals surface area contributed by atoms with Crippen LogP contribution in [0.4, 0.5) is 0 Å². The average Bonchev–Trinajstić information content (AvgIpc) is 2.51. The van der Waals surface area contributed by atoms with Crippen molar-refractivity contribution in [3.8, 4) is 0 Å². The van der Waals surface area contributed by atoms with Gasteiger partial charge in [0.25, 0.3) is 5.91 Å². The number of methoxy groups -OCH3 is 1. The summed E-state index contributed by atoms with van der Waals surface area (Å²) >= 11 is 0. The molecule has 1 aromatic carbocycles. The molecular weight excluding hydrogens is 280 g/mol. The van der Waals surface area contributed by atoms with Crippen molar-refractivity contribution >= 4 is 11.9 Å². The number of ether oxygens (including phenoxy) is 1. The molecule has 1 aromatic rings. The molecule has 0 heterocycles. The van der Waals surface area contributed by atoms with E-state index in [0.717, 1.165) is 11.5 Å². The summed E-state index contributed by atoms with van der Waals surface area (Å²) in [6, 6.07) is 7.73. The summed E-state index contributed by atoms with van der Waals surface area (Å²) < 4.78 is 5.09. The highest BCUT2D eigenvalue weighted by molar-refractivity contribution is 5.93. The second-order valence-corrected chi connectivity index (χ2v) is 5.32. The van der Waals surface area contributed by atoms with Crippen LogP contribution in [0.5, 0.6) is 0 Å². The van der Waals surface area contributed by atoms with Gasteiger partial charge in [-0.15, -0.1) is 0 Å². The van der Waals surface area contributed by atoms with Crippen molar-refractivity contribution in [1.29, 1.82) is 0 Å². The Bertz CT molecular complexity index is 497. The minimum absolute atomic E-state index is 0.00498. The predicted octanol–water partition coefficient (Wildman–Crippen LogP) is 1.09. The highest BCUT2D eigenvalue weighted by Gasteiger charge is 2.08. The van der Waals surface area contributed by atoms with E-state index < -0.39 is 0 Å². The molecule has 0 aliphatic heterocycles. The molecule has 0 saturated carbocycles. The fourth-order valence-electron chi connectivity index (χ4n) is 1.93. The van der Waals surface area contributed by atoms with Crippen LogP contribution in [0.1, 0.15) is 22.8 Å². The average molecular weight is 306 g/mol. The molecule has 122 valence electrons. The van der Waals surface area contributed by atoms with Gasteiger partial charge >= 0.3 is 0 Å². The van der Waals surface area contributed by atoms with Crippen LogP contribution in [0.25, 0.3) is 0 Å². The normalized spacial score (nSPS) is 12.7. The zero-order chi connectivity index (χ0) is 16.5. The second-order valence-electron chi connectivity index (χ2n) is 5.32. The zero-order valence-electron chi connectivity index (χ0n) is 14.0. The third-order valence-corrected chi connectivity index (χ3v) is 3.09. The highest BCUT2D eigenvalue weighted by Crippen LogP contribution is 2.06. The lowest BCUT2D eigenvalue weighted by Crippen LogP contribution is -2.43. The van der Waals surface area contributed by atoms with Crippen molar-refractivity contribution < 1.29 is 9.53 Å². The van der Waals surface area contributed by atoms with Crippen molar-refractivity contribution in [2.24, 2.45) is 4.99 Å². The van der Waals surface area contributed by atoms with Crippen LogP contribution in [0.2, 0.25) is 0 Å². The Hall–Kier alpha value is -2.08. The molecule has 0 radical (unpaired) electrons. The first-order valence-corrected chi connectivity index (χ1v) is 7.24. The molecule has 0 spiro atoms. The Kier molecular flexibility index (Phi) is 7.39. The van der Waals surface area contributed by atoms with Crippen molar-refractivity contribution in [3.63, 3.8) is 0 Å². The molecule has 0 aliphatic rings. The first-order chi connectivity index (χ1) is 10.5. The summed E-state index contributed by atoms with van der Waals surface area (Å²) in [5.74, 6) is 0.725. The Balaban J connectivity index is 2.55. The maximum absolute atomic E-state index is 11.8. The molecule has 22 heavy (non-hydrogen) atoms. The number of aliphatic imine (C=N–C) groups is 1. The summed E-state index contributed by atoms with van der Waals surface area (Å²) in [7, 11) is 6.89. The number of nitrogens with zero attached hydrogens (tertiary/aromatic N) is 2. The molecule has 0 fully saturated rings. The lowest BCUT2D eigenvalue weighted by atomic mass is 10.1. The standard InChI is InChI=1S/C16H26N4O2/c1-12(11-22-5)19-16(17-2)18-10-13-6-8-14(9-7-13)15(21)20(3)4/h6-9,12H,10-11H2,1-5H3,(H2,17,18,19). The monoisotopic (exact) mass is 306 g/mol. The van der Waals surface area contributed by atoms with Crippen molar-refractivity contribution in [3.05, 3.63) is 35.4 Å². The fourth-order valence-corrected chi connectivity index (χ4v) is 1.93. The largest absolute Gasteiger partial charge is 0.383 e. The summed E-state index contributed by atoms with van der Waals surface area (Å²) in [5, 5.41) is 6.47. The van der Waals surface area contributed by atoms with Crippen LogP contribution in [0.15, 0.2) is 29.3 Å². The van der Waals surface area contributed by atoms with Crippen molar-refractivity contribution in [2.75, 3.05) is 34.9 Å². The first kappa shape index (κ1) is 18.0. The summed E-state index contributed by atoms with van der Waals surface area (Å²) in [6.07, 6.45) is 0. The number of carbonyl (C=O) groups is 1. The van der Waals surface area contributed by atoms with Crippen LogP contribution < -0.4 is 10.6 Å². The van der Waals surface area contributed by atoms with Crippen LogP contribution in [0, 0.1) is 0 Å². The first-order valence-electron chi connectivity index (χ1n) is 7.24. The molecule has 2 N–H and O–H groups in total. The number of rotatable bonds is 6. The molecule has 6 nitrogen and oxygen atoms in total. The highest BCUT2D eigenvalue weighted by atomic mass is 16.5. The molecule has 6 heteroatoms. The molecular formula is C16H26N4O2. The van der Waals surface area contributed by atoms with E-state index >= 15 is 0 Å². The lowest BCUT2D eigenvalue weighted by Gasteiger charge is -2.17. The SMILES string of the molecule is CN=C(NCc1ccc(C(=O)N(C)C)cc1)NC(C)COC. The van der Waals surface area contributed by atoms with Crippen LogP contribution in [0.3, 0.4) is 0 Å². The van der Waals surface area contributed by atoms with Gasteiger partial charge in [-0.2, -0.15) is 0 Å². The Morgan fingerprint density at radius 1 is 1.32 bits per heavy atom. The van der Waals surface area contributed by atoms with Crippen molar-refractivity contribution in [1.82, 2.24) is 15.5 Å². The Labute approximate surface area is 132 Å². The van der Waals surface area contributed by atoms with E-state index in [2.05, 4.69) is 15.6 Å². The van der Waals surface area contributed by atoms with E-state index in [4.69, 9.17) is 4.74 Å². The number of carbonyl (C=O) groups excluding carboxylic acids is 1. The number of hydrogen-bond donors (Lipinski definition) is 2. The molecule has 1 atom stereocenters. The van der Waals surface area contributed by atoms with Crippen LogP contribution >= 0.6 is 0 Å². The number of nitrogens with one attached hydrogen (secondary N) is 2. The van der Waals surface area contributed by atoms with Gasteiger partial charge in [0.1, 0.15) is 0 Å². The summed E-state index contributed by atoms with van der Waals surface area (Å²) in [4.78, 5) is 17.6. The minimum Gasteiger partial charge on any atom is -0.383 e. The maximum atomic E-state index is 11.8. The van der Waals surface area contributed by atoms with Crippen molar-refractivity contribution in [2.45, 2.75) is 19.5 Å². The topological polar surface area (TPSA) is 66.0 Å². The number of guanidine groups is 1. The number of amides is 1. The van der Waals surface area contributed by atoms with E-state index in [-0.39, 0.29) is 11.9 Å². The lowest BCUT2D eigenvalue weighted by molar-refractivity contribution is 0.0827. The van der Waals surface area contributed by atoms with Crippen LogP contribution in [-0.4, -0.2) is 57.7 Å². The third kappa shape index (κ3) is 5.73. The molecule has 0 saturated heterocycles. The predicted molar refractivity (Wildman–Crippen MR) is 89.1 cm³/mol. The molecule has 1 amide bonds. The third-order valence-electron chi connectivity index (χ3n) is 3.09. The number of benzene rings is 1. The van der Waals surface area contributed by atoms with E-state index in [9.17, 15) is 4.79 Å². The molecule has 0 aromatic heterocycles. The molecule has 0 aliphatic carbocycles. The van der Waals surface area contributed by atoms with Gasteiger partial charge in [0, 0.05) is 46.4 Å². The zero-order valence-corrected chi connectivity index (χ0v) is 14.0. The van der Waals surface area contributed by atoms with Gasteiger partial charge in [0.2, 0.25) is 0 Å². The van der Waals surface area contributed by atoms with Gasteiger partial charge in [-0.1, -0.05) is 12.1 Å². The molecule has 0 bridgehead atoms.